The van der Waals surface area contributed by atoms with Crippen molar-refractivity contribution in [2.45, 2.75) is 13.0 Å². The van der Waals surface area contributed by atoms with E-state index in [4.69, 9.17) is 9.47 Å². The largest absolute Gasteiger partial charge is 0.490 e. The molecule has 1 aliphatic rings. The van der Waals surface area contributed by atoms with Gasteiger partial charge in [-0.25, -0.2) is 9.79 Å². The van der Waals surface area contributed by atoms with Crippen molar-refractivity contribution < 1.29 is 14.3 Å². The van der Waals surface area contributed by atoms with Gasteiger partial charge in [0.25, 0.3) is 5.56 Å². The van der Waals surface area contributed by atoms with Crippen LogP contribution in [0.15, 0.2) is 88.3 Å². The molecule has 1 aromatic heterocycles. The number of esters is 1. The third-order valence-electron chi connectivity index (χ3n) is 5.09. The molecule has 2 aromatic carbocycles. The van der Waals surface area contributed by atoms with Crippen LogP contribution >= 0.6 is 11.3 Å². The molecule has 0 saturated heterocycles. The van der Waals surface area contributed by atoms with Crippen molar-refractivity contribution in [2.24, 2.45) is 4.99 Å². The minimum Gasteiger partial charge on any atom is -0.490 e. The molecule has 0 fully saturated rings. The average molecular weight is 447 g/mol. The number of nitrogens with zero attached hydrogens (tertiary/aromatic N) is 2. The van der Waals surface area contributed by atoms with Crippen LogP contribution in [0.5, 0.6) is 5.75 Å². The maximum absolute atomic E-state index is 13.4. The first-order valence-corrected chi connectivity index (χ1v) is 10.8. The molecule has 6 nitrogen and oxygen atoms in total. The molecule has 32 heavy (non-hydrogen) atoms. The summed E-state index contributed by atoms with van der Waals surface area (Å²) in [6.07, 6.45) is 3.50. The van der Waals surface area contributed by atoms with E-state index in [0.29, 0.717) is 27.2 Å². The van der Waals surface area contributed by atoms with Crippen molar-refractivity contribution >= 4 is 23.4 Å². The minimum atomic E-state index is -0.600. The van der Waals surface area contributed by atoms with Gasteiger partial charge < -0.3 is 9.47 Å². The number of thiazole rings is 1. The normalized spacial score (nSPS) is 15.7. The van der Waals surface area contributed by atoms with Crippen molar-refractivity contribution in [3.8, 4) is 5.75 Å². The summed E-state index contributed by atoms with van der Waals surface area (Å²) in [7, 11) is 1.33. The smallest absolute Gasteiger partial charge is 0.338 e. The van der Waals surface area contributed by atoms with Crippen molar-refractivity contribution in [1.29, 1.82) is 0 Å². The quantitative estimate of drug-likeness (QED) is 0.431. The first-order chi connectivity index (χ1) is 15.5. The molecule has 7 heteroatoms. The standard InChI is InChI=1S/C25H22N2O4S/c1-4-14-31-19-12-10-17(11-13-19)15-20-23(28)27-22(18-8-6-5-7-9-18)21(24(29)30-3)16(2)26-25(27)32-20/h4-13,15,22H,1,14H2,2-3H3/b20-15-/t22-/m0/s1. The Bertz CT molecular complexity index is 1370. The number of allylic oxidation sites excluding steroid dienone is 1. The number of hydrogen-bond donors (Lipinski definition) is 0. The van der Waals surface area contributed by atoms with Gasteiger partial charge in [-0.05, 0) is 36.3 Å². The van der Waals surface area contributed by atoms with E-state index in [0.717, 1.165) is 16.9 Å². The fourth-order valence-electron chi connectivity index (χ4n) is 3.61. The van der Waals surface area contributed by atoms with Gasteiger partial charge in [0.2, 0.25) is 0 Å². The number of benzene rings is 2. The molecular weight excluding hydrogens is 424 g/mol. The lowest BCUT2D eigenvalue weighted by atomic mass is 9.96. The van der Waals surface area contributed by atoms with Gasteiger partial charge in [-0.2, -0.15) is 0 Å². The highest BCUT2D eigenvalue weighted by atomic mass is 32.1. The minimum absolute atomic E-state index is 0.205. The van der Waals surface area contributed by atoms with Gasteiger partial charge in [-0.1, -0.05) is 66.5 Å². The lowest BCUT2D eigenvalue weighted by molar-refractivity contribution is -0.136. The van der Waals surface area contributed by atoms with E-state index in [1.165, 1.54) is 18.4 Å². The number of methoxy groups -OCH3 is 1. The molecular formula is C25H22N2O4S. The van der Waals surface area contributed by atoms with Crippen LogP contribution < -0.4 is 19.6 Å². The fraction of sp³-hybridized carbons (Fsp3) is 0.160. The second-order valence-electron chi connectivity index (χ2n) is 7.15. The summed E-state index contributed by atoms with van der Waals surface area (Å²) in [5.74, 6) is 0.232. The summed E-state index contributed by atoms with van der Waals surface area (Å²) >= 11 is 1.30. The summed E-state index contributed by atoms with van der Waals surface area (Å²) in [5.41, 5.74) is 2.38. The van der Waals surface area contributed by atoms with E-state index in [2.05, 4.69) is 11.6 Å². The number of fused-ring (bicyclic) bond motifs is 1. The molecule has 0 aliphatic carbocycles. The summed E-state index contributed by atoms with van der Waals surface area (Å²) < 4.78 is 12.6. The summed E-state index contributed by atoms with van der Waals surface area (Å²) in [5, 5.41) is 0. The highest BCUT2D eigenvalue weighted by Gasteiger charge is 2.32. The van der Waals surface area contributed by atoms with Crippen LogP contribution in [0.25, 0.3) is 6.08 Å². The van der Waals surface area contributed by atoms with Crippen LogP contribution in [0.4, 0.5) is 0 Å². The average Bonchev–Trinajstić information content (AvgIpc) is 3.12. The van der Waals surface area contributed by atoms with Crippen molar-refractivity contribution in [1.82, 2.24) is 4.57 Å². The van der Waals surface area contributed by atoms with Crippen molar-refractivity contribution in [2.75, 3.05) is 13.7 Å². The first kappa shape index (κ1) is 21.5. The number of rotatable bonds is 6. The van der Waals surface area contributed by atoms with Gasteiger partial charge in [0.05, 0.1) is 29.0 Å². The summed E-state index contributed by atoms with van der Waals surface area (Å²) in [4.78, 5) is 31.2. The fourth-order valence-corrected chi connectivity index (χ4v) is 4.66. The molecule has 2 heterocycles. The summed E-state index contributed by atoms with van der Waals surface area (Å²) in [6, 6.07) is 16.3. The Morgan fingerprint density at radius 1 is 1.19 bits per heavy atom. The van der Waals surface area contributed by atoms with Gasteiger partial charge in [0.1, 0.15) is 12.4 Å². The molecule has 0 N–H and O–H groups in total. The second kappa shape index (κ2) is 9.20. The van der Waals surface area contributed by atoms with Crippen LogP contribution in [0.3, 0.4) is 0 Å². The third-order valence-corrected chi connectivity index (χ3v) is 6.07. The van der Waals surface area contributed by atoms with E-state index in [9.17, 15) is 9.59 Å². The Balaban J connectivity index is 1.84. The second-order valence-corrected chi connectivity index (χ2v) is 8.16. The van der Waals surface area contributed by atoms with E-state index in [1.807, 2.05) is 60.7 Å². The van der Waals surface area contributed by atoms with Gasteiger partial charge in [0.15, 0.2) is 4.80 Å². The molecule has 162 valence electrons. The topological polar surface area (TPSA) is 69.9 Å². The van der Waals surface area contributed by atoms with Crippen LogP contribution in [-0.2, 0) is 9.53 Å². The van der Waals surface area contributed by atoms with Crippen LogP contribution in [0, 0.1) is 0 Å². The van der Waals surface area contributed by atoms with Gasteiger partial charge >= 0.3 is 5.97 Å². The number of aromatic nitrogens is 1. The number of hydrogen-bond acceptors (Lipinski definition) is 6. The predicted molar refractivity (Wildman–Crippen MR) is 124 cm³/mol. The van der Waals surface area contributed by atoms with Gasteiger partial charge in [-0.15, -0.1) is 0 Å². The monoisotopic (exact) mass is 446 g/mol. The molecule has 0 saturated carbocycles. The first-order valence-electron chi connectivity index (χ1n) is 10.0. The molecule has 0 bridgehead atoms. The van der Waals surface area contributed by atoms with Crippen LogP contribution in [0.1, 0.15) is 24.1 Å². The SMILES string of the molecule is C=CCOc1ccc(/C=c2\sc3n(c2=O)[C@@H](c2ccccc2)C(C(=O)OC)=C(C)N=3)cc1. The molecule has 0 unspecified atom stereocenters. The van der Waals surface area contributed by atoms with E-state index in [1.54, 1.807) is 17.6 Å². The van der Waals surface area contributed by atoms with Crippen molar-refractivity contribution in [3.63, 3.8) is 0 Å². The van der Waals surface area contributed by atoms with E-state index < -0.39 is 12.0 Å². The third kappa shape index (κ3) is 4.07. The summed E-state index contributed by atoms with van der Waals surface area (Å²) in [6.45, 7) is 5.83. The Morgan fingerprint density at radius 2 is 1.91 bits per heavy atom. The highest BCUT2D eigenvalue weighted by Crippen LogP contribution is 2.30. The van der Waals surface area contributed by atoms with Gasteiger partial charge in [0, 0.05) is 0 Å². The van der Waals surface area contributed by atoms with Crippen LogP contribution in [-0.4, -0.2) is 24.3 Å². The molecule has 0 spiro atoms. The van der Waals surface area contributed by atoms with E-state index >= 15 is 0 Å². The number of carbonyl (C=O) groups excluding carboxylic acids is 1. The van der Waals surface area contributed by atoms with E-state index in [-0.39, 0.29) is 5.56 Å². The van der Waals surface area contributed by atoms with Crippen molar-refractivity contribution in [3.05, 3.63) is 109 Å². The Kier molecular flexibility index (Phi) is 6.18. The maximum atomic E-state index is 13.4. The Hall–Kier alpha value is -3.71. The molecule has 4 rings (SSSR count). The number of ether oxygens (including phenoxy) is 2. The van der Waals surface area contributed by atoms with Crippen LogP contribution in [0.2, 0.25) is 0 Å². The Labute approximate surface area is 189 Å². The molecule has 0 radical (unpaired) electrons. The highest BCUT2D eigenvalue weighted by molar-refractivity contribution is 7.07. The molecule has 3 aromatic rings. The number of carbonyl (C=O) groups is 1. The molecule has 1 atom stereocenters. The maximum Gasteiger partial charge on any atom is 0.338 e. The Morgan fingerprint density at radius 3 is 2.56 bits per heavy atom. The lowest BCUT2D eigenvalue weighted by Crippen LogP contribution is -2.39. The predicted octanol–water partition coefficient (Wildman–Crippen LogP) is 2.97. The zero-order valence-corrected chi connectivity index (χ0v) is 18.6. The lowest BCUT2D eigenvalue weighted by Gasteiger charge is -2.24. The molecule has 1 aliphatic heterocycles. The zero-order chi connectivity index (χ0) is 22.7. The molecule has 0 amide bonds. The van der Waals surface area contributed by atoms with Gasteiger partial charge in [-0.3, -0.25) is 9.36 Å². The zero-order valence-electron chi connectivity index (χ0n) is 17.8.